The monoisotopic (exact) mass is 362 g/mol. The Kier molecular flexibility index (Phi) is 7.43. The second-order valence-corrected chi connectivity index (χ2v) is 6.58. The van der Waals surface area contributed by atoms with E-state index in [1.807, 2.05) is 48.5 Å². The number of unbranched alkanes of at least 4 members (excludes halogenated alkanes) is 4. The van der Waals surface area contributed by atoms with Crippen LogP contribution < -0.4 is 0 Å². The highest BCUT2D eigenvalue weighted by molar-refractivity contribution is 5.89. The quantitative estimate of drug-likeness (QED) is 0.348. The number of carbonyl (C=O) groups is 1. The van der Waals surface area contributed by atoms with Gasteiger partial charge in [-0.15, -0.1) is 0 Å². The maximum atomic E-state index is 12.8. The van der Waals surface area contributed by atoms with Crippen molar-refractivity contribution in [1.29, 1.82) is 0 Å². The van der Waals surface area contributed by atoms with Gasteiger partial charge in [0.25, 0.3) is 0 Å². The number of carbonyl (C=O) groups excluding carboxylic acids is 1. The summed E-state index contributed by atoms with van der Waals surface area (Å²) in [4.78, 5) is 11.6. The average Bonchev–Trinajstić information content (AvgIpc) is 2.62. The summed E-state index contributed by atoms with van der Waals surface area (Å²) in [5.41, 5.74) is 0.769. The number of hydrogen-bond donors (Lipinski definition) is 0. The summed E-state index contributed by atoms with van der Waals surface area (Å²) < 4.78 is 38.4. The Balaban J connectivity index is 2.24. The molecule has 0 saturated heterocycles. The maximum Gasteiger partial charge on any atom is 0.450 e. The van der Waals surface area contributed by atoms with E-state index in [0.717, 1.165) is 48.4 Å². The molecule has 2 rings (SSSR count). The van der Waals surface area contributed by atoms with Crippen molar-refractivity contribution in [3.8, 4) is 0 Å². The van der Waals surface area contributed by atoms with E-state index in [2.05, 4.69) is 6.92 Å². The molecule has 0 radical (unpaired) electrons. The van der Waals surface area contributed by atoms with Crippen LogP contribution in [0.1, 0.15) is 56.9 Å². The predicted molar refractivity (Wildman–Crippen MR) is 100 cm³/mol. The van der Waals surface area contributed by atoms with Gasteiger partial charge in [0.2, 0.25) is 5.78 Å². The lowest BCUT2D eigenvalue weighted by Crippen LogP contribution is -2.24. The van der Waals surface area contributed by atoms with Crippen molar-refractivity contribution in [2.75, 3.05) is 0 Å². The van der Waals surface area contributed by atoms with Crippen LogP contribution in [0.25, 0.3) is 10.8 Å². The van der Waals surface area contributed by atoms with Gasteiger partial charge in [-0.2, -0.15) is 13.2 Å². The summed E-state index contributed by atoms with van der Waals surface area (Å²) in [7, 11) is 0. The SMILES string of the molecule is CCCCCC/C=C/[C@@H](CC(=O)C(F)(F)F)c1cccc2ccccc12. The third kappa shape index (κ3) is 5.72. The lowest BCUT2D eigenvalue weighted by Gasteiger charge is -2.16. The van der Waals surface area contributed by atoms with E-state index < -0.39 is 24.3 Å². The number of allylic oxidation sites excluding steroid dienone is 2. The summed E-state index contributed by atoms with van der Waals surface area (Å²) in [5.74, 6) is -2.24. The van der Waals surface area contributed by atoms with Gasteiger partial charge in [0, 0.05) is 12.3 Å². The van der Waals surface area contributed by atoms with Crippen molar-refractivity contribution in [2.45, 2.75) is 57.5 Å². The summed E-state index contributed by atoms with van der Waals surface area (Å²) in [5, 5.41) is 1.86. The molecule has 1 nitrogen and oxygen atoms in total. The van der Waals surface area contributed by atoms with Gasteiger partial charge in [0.1, 0.15) is 0 Å². The minimum Gasteiger partial charge on any atom is -0.290 e. The van der Waals surface area contributed by atoms with Crippen molar-refractivity contribution < 1.29 is 18.0 Å². The fourth-order valence-corrected chi connectivity index (χ4v) is 3.12. The Morgan fingerprint density at radius 2 is 1.77 bits per heavy atom. The molecule has 2 aromatic rings. The highest BCUT2D eigenvalue weighted by Gasteiger charge is 2.39. The smallest absolute Gasteiger partial charge is 0.290 e. The van der Waals surface area contributed by atoms with Gasteiger partial charge in [-0.25, -0.2) is 0 Å². The Morgan fingerprint density at radius 3 is 2.50 bits per heavy atom. The highest BCUT2D eigenvalue weighted by Crippen LogP contribution is 2.32. The molecule has 0 aliphatic heterocycles. The Labute approximate surface area is 152 Å². The van der Waals surface area contributed by atoms with Gasteiger partial charge in [-0.1, -0.05) is 80.8 Å². The van der Waals surface area contributed by atoms with Gasteiger partial charge in [0.15, 0.2) is 0 Å². The van der Waals surface area contributed by atoms with E-state index in [1.165, 1.54) is 0 Å². The molecule has 140 valence electrons. The second-order valence-electron chi connectivity index (χ2n) is 6.58. The number of benzene rings is 2. The van der Waals surface area contributed by atoms with E-state index in [0.29, 0.717) is 0 Å². The molecule has 2 aromatic carbocycles. The van der Waals surface area contributed by atoms with Crippen LogP contribution in [0.3, 0.4) is 0 Å². The van der Waals surface area contributed by atoms with Gasteiger partial charge in [-0.3, -0.25) is 4.79 Å². The highest BCUT2D eigenvalue weighted by atomic mass is 19.4. The molecule has 0 N–H and O–H groups in total. The number of halogens is 3. The fraction of sp³-hybridized carbons (Fsp3) is 0.409. The van der Waals surface area contributed by atoms with E-state index in [9.17, 15) is 18.0 Å². The molecule has 0 aromatic heterocycles. The number of hydrogen-bond acceptors (Lipinski definition) is 1. The summed E-state index contributed by atoms with van der Waals surface area (Å²) in [6, 6.07) is 13.2. The normalized spacial score (nSPS) is 13.4. The molecule has 0 saturated carbocycles. The molecule has 1 atom stereocenters. The molecule has 0 bridgehead atoms. The van der Waals surface area contributed by atoms with E-state index in [-0.39, 0.29) is 0 Å². The lowest BCUT2D eigenvalue weighted by molar-refractivity contribution is -0.171. The van der Waals surface area contributed by atoms with Gasteiger partial charge < -0.3 is 0 Å². The first-order chi connectivity index (χ1) is 12.4. The van der Waals surface area contributed by atoms with E-state index in [1.54, 1.807) is 6.08 Å². The Hall–Kier alpha value is -2.10. The molecule has 0 spiro atoms. The zero-order chi connectivity index (χ0) is 19.0. The van der Waals surface area contributed by atoms with Crippen LogP contribution in [-0.2, 0) is 4.79 Å². The van der Waals surface area contributed by atoms with Crippen LogP contribution in [0.4, 0.5) is 13.2 Å². The van der Waals surface area contributed by atoms with Crippen molar-refractivity contribution >= 4 is 16.6 Å². The van der Waals surface area contributed by atoms with Gasteiger partial charge in [0.05, 0.1) is 0 Å². The van der Waals surface area contributed by atoms with E-state index >= 15 is 0 Å². The molecule has 0 aliphatic carbocycles. The first-order valence-corrected chi connectivity index (χ1v) is 9.17. The van der Waals surface area contributed by atoms with E-state index in [4.69, 9.17) is 0 Å². The van der Waals surface area contributed by atoms with Crippen LogP contribution in [0.5, 0.6) is 0 Å². The number of ketones is 1. The summed E-state index contributed by atoms with van der Waals surface area (Å²) >= 11 is 0. The molecular formula is C22H25F3O. The molecule has 0 unspecified atom stereocenters. The number of Topliss-reactive ketones (excluding diaryl/α,β-unsaturated/α-hetero) is 1. The van der Waals surface area contributed by atoms with Crippen LogP contribution in [-0.4, -0.2) is 12.0 Å². The van der Waals surface area contributed by atoms with Crippen LogP contribution in [0, 0.1) is 0 Å². The van der Waals surface area contributed by atoms with Gasteiger partial charge in [-0.05, 0) is 29.2 Å². The molecule has 0 fully saturated rings. The fourth-order valence-electron chi connectivity index (χ4n) is 3.12. The molecule has 0 amide bonds. The molecule has 0 heterocycles. The maximum absolute atomic E-state index is 12.8. The molecular weight excluding hydrogens is 337 g/mol. The van der Waals surface area contributed by atoms with Gasteiger partial charge >= 0.3 is 6.18 Å². The first kappa shape index (κ1) is 20.2. The zero-order valence-corrected chi connectivity index (χ0v) is 15.1. The second kappa shape index (κ2) is 9.56. The molecule has 0 aliphatic rings. The zero-order valence-electron chi connectivity index (χ0n) is 15.1. The predicted octanol–water partition coefficient (Wildman–Crippen LogP) is 6.97. The number of alkyl halides is 3. The van der Waals surface area contributed by atoms with Crippen molar-refractivity contribution in [2.24, 2.45) is 0 Å². The minimum absolute atomic E-state index is 0.553. The Morgan fingerprint density at radius 1 is 1.04 bits per heavy atom. The summed E-state index contributed by atoms with van der Waals surface area (Å²) in [6.07, 6.45) is 3.60. The van der Waals surface area contributed by atoms with Crippen LogP contribution in [0.15, 0.2) is 54.6 Å². The lowest BCUT2D eigenvalue weighted by atomic mass is 9.89. The molecule has 4 heteroatoms. The van der Waals surface area contributed by atoms with Crippen LogP contribution >= 0.6 is 0 Å². The third-order valence-corrected chi connectivity index (χ3v) is 4.54. The van der Waals surface area contributed by atoms with Crippen molar-refractivity contribution in [3.05, 3.63) is 60.2 Å². The van der Waals surface area contributed by atoms with Crippen molar-refractivity contribution in [1.82, 2.24) is 0 Å². The minimum atomic E-state index is -4.79. The summed E-state index contributed by atoms with van der Waals surface area (Å²) in [6.45, 7) is 2.13. The number of fused-ring (bicyclic) bond motifs is 1. The standard InChI is InChI=1S/C22H25F3O/c1-2-3-4-5-6-7-12-18(16-21(26)22(23,24)25)20-15-10-13-17-11-8-9-14-19(17)20/h7-15,18H,2-6,16H2,1H3/b12-7+/t18-/m0/s1. The number of rotatable bonds is 9. The largest absolute Gasteiger partial charge is 0.450 e. The Bertz CT molecular complexity index is 741. The van der Waals surface area contributed by atoms with Crippen molar-refractivity contribution in [3.63, 3.8) is 0 Å². The first-order valence-electron chi connectivity index (χ1n) is 9.17. The topological polar surface area (TPSA) is 17.1 Å². The van der Waals surface area contributed by atoms with Crippen LogP contribution in [0.2, 0.25) is 0 Å². The molecule has 26 heavy (non-hydrogen) atoms. The third-order valence-electron chi connectivity index (χ3n) is 4.54. The average molecular weight is 362 g/mol.